The minimum Gasteiger partial charge on any atom is -0.508 e. The van der Waals surface area contributed by atoms with Gasteiger partial charge in [0.05, 0.1) is 0 Å². The fourth-order valence-corrected chi connectivity index (χ4v) is 1.50. The predicted octanol–water partition coefficient (Wildman–Crippen LogP) is 4.34. The molecule has 18 heavy (non-hydrogen) atoms. The van der Waals surface area contributed by atoms with E-state index in [1.54, 1.807) is 20.8 Å². The van der Waals surface area contributed by atoms with Gasteiger partial charge in [-0.3, -0.25) is 0 Å². The molecule has 0 unspecified atom stereocenters. The molecule has 102 valence electrons. The highest BCUT2D eigenvalue weighted by Gasteiger charge is 2.58. The molecule has 1 aromatic carbocycles. The topological polar surface area (TPSA) is 20.2 Å². The molecule has 0 spiro atoms. The Balaban J connectivity index is 3.38. The molecule has 0 fully saturated rings. The minimum atomic E-state index is -5.65. The third-order valence-corrected chi connectivity index (χ3v) is 2.52. The smallest absolute Gasteiger partial charge is 0.458 e. The van der Waals surface area contributed by atoms with Gasteiger partial charge in [0.1, 0.15) is 5.75 Å². The molecular formula is C12H13F5O. The van der Waals surface area contributed by atoms with E-state index >= 15 is 0 Å². The summed E-state index contributed by atoms with van der Waals surface area (Å²) < 4.78 is 63.0. The molecule has 1 N–H and O–H groups in total. The van der Waals surface area contributed by atoms with Gasteiger partial charge < -0.3 is 5.11 Å². The Hall–Kier alpha value is -1.33. The molecule has 0 heterocycles. The summed E-state index contributed by atoms with van der Waals surface area (Å²) in [4.78, 5) is 0. The number of hydrogen-bond donors (Lipinski definition) is 1. The molecule has 6 heteroatoms. The van der Waals surface area contributed by atoms with Crippen LogP contribution in [0.2, 0.25) is 0 Å². The van der Waals surface area contributed by atoms with E-state index in [9.17, 15) is 27.1 Å². The number of phenols is 1. The predicted molar refractivity (Wildman–Crippen MR) is 56.8 cm³/mol. The SMILES string of the molecule is CC(C)(C)c1cc(C(F)(F)C(F)(F)F)ccc1O. The highest BCUT2D eigenvalue weighted by Crippen LogP contribution is 2.45. The fraction of sp³-hybridized carbons (Fsp3) is 0.500. The minimum absolute atomic E-state index is 0.0453. The Morgan fingerprint density at radius 3 is 1.83 bits per heavy atom. The second-order valence-electron chi connectivity index (χ2n) is 5.05. The average molecular weight is 268 g/mol. The molecule has 1 aromatic rings. The van der Waals surface area contributed by atoms with Crippen LogP contribution in [0, 0.1) is 0 Å². The van der Waals surface area contributed by atoms with Gasteiger partial charge in [-0.15, -0.1) is 0 Å². The van der Waals surface area contributed by atoms with Crippen LogP contribution in [0.15, 0.2) is 18.2 Å². The lowest BCUT2D eigenvalue weighted by molar-refractivity contribution is -0.289. The number of halogens is 5. The van der Waals surface area contributed by atoms with Gasteiger partial charge in [-0.25, -0.2) is 0 Å². The van der Waals surface area contributed by atoms with Gasteiger partial charge in [0.25, 0.3) is 0 Å². The standard InChI is InChI=1S/C12H13F5O/c1-10(2,3)8-6-7(4-5-9(8)18)11(13,14)12(15,16)17/h4-6,18H,1-3H3. The van der Waals surface area contributed by atoms with Crippen LogP contribution < -0.4 is 0 Å². The van der Waals surface area contributed by atoms with Crippen LogP contribution in [-0.2, 0) is 11.3 Å². The molecule has 0 radical (unpaired) electrons. The van der Waals surface area contributed by atoms with E-state index in [0.29, 0.717) is 12.1 Å². The van der Waals surface area contributed by atoms with E-state index in [-0.39, 0.29) is 11.3 Å². The van der Waals surface area contributed by atoms with Crippen molar-refractivity contribution in [3.8, 4) is 5.75 Å². The number of alkyl halides is 5. The first-order chi connectivity index (χ1) is 7.87. The Bertz CT molecular complexity index is 443. The zero-order chi connectivity index (χ0) is 14.4. The van der Waals surface area contributed by atoms with Gasteiger partial charge in [-0.1, -0.05) is 20.8 Å². The lowest BCUT2D eigenvalue weighted by Crippen LogP contribution is -2.34. The quantitative estimate of drug-likeness (QED) is 0.751. The molecule has 0 bridgehead atoms. The zero-order valence-electron chi connectivity index (χ0n) is 10.1. The maximum absolute atomic E-state index is 13.2. The lowest BCUT2D eigenvalue weighted by Gasteiger charge is -2.24. The van der Waals surface area contributed by atoms with E-state index in [2.05, 4.69) is 0 Å². The second-order valence-corrected chi connectivity index (χ2v) is 5.05. The largest absolute Gasteiger partial charge is 0.508 e. The molecule has 1 rings (SSSR count). The molecule has 0 amide bonds. The lowest BCUT2D eigenvalue weighted by atomic mass is 9.84. The Kier molecular flexibility index (Phi) is 3.36. The summed E-state index contributed by atoms with van der Waals surface area (Å²) in [5.41, 5.74) is -1.86. The fourth-order valence-electron chi connectivity index (χ4n) is 1.50. The summed E-state index contributed by atoms with van der Waals surface area (Å²) in [5, 5.41) is 9.51. The van der Waals surface area contributed by atoms with E-state index in [1.165, 1.54) is 0 Å². The zero-order valence-corrected chi connectivity index (χ0v) is 10.1. The van der Waals surface area contributed by atoms with Crippen LogP contribution in [0.4, 0.5) is 22.0 Å². The van der Waals surface area contributed by atoms with Crippen LogP contribution in [0.3, 0.4) is 0 Å². The first-order valence-corrected chi connectivity index (χ1v) is 5.16. The van der Waals surface area contributed by atoms with Crippen molar-refractivity contribution in [3.05, 3.63) is 29.3 Å². The summed E-state index contributed by atoms with van der Waals surface area (Å²) in [6, 6.07) is 2.14. The van der Waals surface area contributed by atoms with Crippen molar-refractivity contribution in [1.29, 1.82) is 0 Å². The van der Waals surface area contributed by atoms with Crippen LogP contribution in [0.25, 0.3) is 0 Å². The first-order valence-electron chi connectivity index (χ1n) is 5.16. The second kappa shape index (κ2) is 4.10. The van der Waals surface area contributed by atoms with E-state index in [0.717, 1.165) is 6.07 Å². The van der Waals surface area contributed by atoms with Gasteiger partial charge >= 0.3 is 12.1 Å². The van der Waals surface area contributed by atoms with Gasteiger partial charge in [-0.2, -0.15) is 22.0 Å². The highest BCUT2D eigenvalue weighted by molar-refractivity contribution is 5.42. The number of phenolic OH excluding ortho intramolecular Hbond substituents is 1. The summed E-state index contributed by atoms with van der Waals surface area (Å²) in [7, 11) is 0. The molecule has 0 atom stereocenters. The van der Waals surface area contributed by atoms with E-state index < -0.39 is 23.1 Å². The van der Waals surface area contributed by atoms with Gasteiger partial charge in [0.2, 0.25) is 0 Å². The third kappa shape index (κ3) is 2.57. The Labute approximate surface area is 101 Å². The molecule has 0 aliphatic carbocycles. The van der Waals surface area contributed by atoms with Crippen molar-refractivity contribution >= 4 is 0 Å². The van der Waals surface area contributed by atoms with Gasteiger partial charge in [0, 0.05) is 5.56 Å². The first kappa shape index (κ1) is 14.7. The Morgan fingerprint density at radius 2 is 1.44 bits per heavy atom. The van der Waals surface area contributed by atoms with Gasteiger partial charge in [-0.05, 0) is 29.2 Å². The highest BCUT2D eigenvalue weighted by atomic mass is 19.4. The number of benzene rings is 1. The van der Waals surface area contributed by atoms with E-state index in [1.807, 2.05) is 0 Å². The van der Waals surface area contributed by atoms with Gasteiger partial charge in [0.15, 0.2) is 0 Å². The van der Waals surface area contributed by atoms with Crippen molar-refractivity contribution in [2.45, 2.75) is 38.3 Å². The van der Waals surface area contributed by atoms with Crippen LogP contribution >= 0.6 is 0 Å². The van der Waals surface area contributed by atoms with Crippen molar-refractivity contribution in [3.63, 3.8) is 0 Å². The van der Waals surface area contributed by atoms with E-state index in [4.69, 9.17) is 0 Å². The maximum Gasteiger partial charge on any atom is 0.458 e. The summed E-state index contributed by atoms with van der Waals surface area (Å²) in [6.07, 6.45) is -5.65. The number of aromatic hydroxyl groups is 1. The van der Waals surface area contributed by atoms with Crippen molar-refractivity contribution in [2.24, 2.45) is 0 Å². The maximum atomic E-state index is 13.2. The van der Waals surface area contributed by atoms with Crippen LogP contribution in [0.5, 0.6) is 5.75 Å². The van der Waals surface area contributed by atoms with Crippen molar-refractivity contribution in [2.75, 3.05) is 0 Å². The molecule has 0 aliphatic rings. The average Bonchev–Trinajstić information content (AvgIpc) is 2.14. The molecule has 0 aliphatic heterocycles. The molecular weight excluding hydrogens is 255 g/mol. The summed E-state index contributed by atoms with van der Waals surface area (Å²) in [6.45, 7) is 4.83. The van der Waals surface area contributed by atoms with Crippen LogP contribution in [-0.4, -0.2) is 11.3 Å². The summed E-state index contributed by atoms with van der Waals surface area (Å²) in [5.74, 6) is -5.23. The monoisotopic (exact) mass is 268 g/mol. The van der Waals surface area contributed by atoms with Crippen LogP contribution in [0.1, 0.15) is 31.9 Å². The Morgan fingerprint density at radius 1 is 0.944 bits per heavy atom. The van der Waals surface area contributed by atoms with Crippen molar-refractivity contribution < 1.29 is 27.1 Å². The van der Waals surface area contributed by atoms with Crippen molar-refractivity contribution in [1.82, 2.24) is 0 Å². The number of rotatable bonds is 1. The molecule has 0 aromatic heterocycles. The summed E-state index contributed by atoms with van der Waals surface area (Å²) >= 11 is 0. The molecule has 0 saturated carbocycles. The molecule has 1 nitrogen and oxygen atoms in total. The normalized spacial score (nSPS) is 13.8. The third-order valence-electron chi connectivity index (χ3n) is 2.52. The molecule has 0 saturated heterocycles. The number of hydrogen-bond acceptors (Lipinski definition) is 1.